The van der Waals surface area contributed by atoms with Crippen LogP contribution in [0.25, 0.3) is 0 Å². The zero-order valence-corrected chi connectivity index (χ0v) is 46.6. The molecule has 4 heteroatoms. The molecule has 0 aromatic carbocycles. The minimum Gasteiger partial charge on any atom is -0.462 e. The molecule has 0 amide bonds. The first-order valence-corrected chi connectivity index (χ1v) is 31.4. The average molecular weight is 941 g/mol. The van der Waals surface area contributed by atoms with Crippen LogP contribution in [-0.2, 0) is 22.6 Å². The van der Waals surface area contributed by atoms with Crippen molar-refractivity contribution < 1.29 is 14.1 Å². The molecule has 1 aromatic rings. The van der Waals surface area contributed by atoms with E-state index in [9.17, 15) is 4.79 Å². The summed E-state index contributed by atoms with van der Waals surface area (Å²) in [5.74, 6) is 0.918. The summed E-state index contributed by atoms with van der Waals surface area (Å²) in [7, 11) is 0. The molecule has 67 heavy (non-hydrogen) atoms. The monoisotopic (exact) mass is 940 g/mol. The molecule has 0 radical (unpaired) electrons. The van der Waals surface area contributed by atoms with E-state index in [2.05, 4.69) is 55.6 Å². The van der Waals surface area contributed by atoms with E-state index in [1.165, 1.54) is 302 Å². The predicted molar refractivity (Wildman–Crippen MR) is 296 cm³/mol. The number of hydrogen-bond acceptors (Lipinski definition) is 2. The van der Waals surface area contributed by atoms with Gasteiger partial charge < -0.3 is 4.74 Å². The summed E-state index contributed by atoms with van der Waals surface area (Å²) in [5, 5.41) is 0. The Bertz CT molecular complexity index is 1060. The Balaban J connectivity index is 2.48. The van der Waals surface area contributed by atoms with Gasteiger partial charge in [0, 0.05) is 6.42 Å². The lowest BCUT2D eigenvalue weighted by Gasteiger charge is -2.20. The zero-order valence-electron chi connectivity index (χ0n) is 46.6. The quantitative estimate of drug-likeness (QED) is 0.0371. The van der Waals surface area contributed by atoms with Crippen molar-refractivity contribution in [3.8, 4) is 0 Å². The van der Waals surface area contributed by atoms with Crippen molar-refractivity contribution >= 4 is 5.97 Å². The van der Waals surface area contributed by atoms with Crippen LogP contribution in [0.1, 0.15) is 355 Å². The van der Waals surface area contributed by atoms with E-state index in [1.807, 2.05) is 0 Å². The molecule has 1 aromatic heterocycles. The molecule has 4 nitrogen and oxygen atoms in total. The molecule has 396 valence electrons. The Morgan fingerprint density at radius 2 is 0.687 bits per heavy atom. The summed E-state index contributed by atoms with van der Waals surface area (Å²) in [5.41, 5.74) is 0. The van der Waals surface area contributed by atoms with Crippen LogP contribution < -0.4 is 4.57 Å². The lowest BCUT2D eigenvalue weighted by molar-refractivity contribution is -0.696. The molecule has 0 aliphatic heterocycles. The number of rotatable bonds is 56. The number of esters is 1. The van der Waals surface area contributed by atoms with Crippen LogP contribution in [-0.4, -0.2) is 16.6 Å². The Kier molecular flexibility index (Phi) is 49.9. The molecule has 1 heterocycles. The number of aromatic nitrogens is 2. The number of aryl methyl sites for hydroxylation is 2. The Labute approximate surface area is 421 Å². The number of nitrogens with zero attached hydrogens (tertiary/aromatic N) is 2. The molecule has 0 aliphatic carbocycles. The topological polar surface area (TPSA) is 35.1 Å². The van der Waals surface area contributed by atoms with Crippen molar-refractivity contribution in [1.82, 2.24) is 4.57 Å². The highest BCUT2D eigenvalue weighted by atomic mass is 16.5. The van der Waals surface area contributed by atoms with Gasteiger partial charge in [0.05, 0.1) is 13.1 Å². The van der Waals surface area contributed by atoms with E-state index in [-0.39, 0.29) is 12.1 Å². The van der Waals surface area contributed by atoms with Gasteiger partial charge in [-0.1, -0.05) is 310 Å². The van der Waals surface area contributed by atoms with E-state index in [1.54, 1.807) is 0 Å². The number of carbonyl (C=O) groups is 1. The third kappa shape index (κ3) is 45.6. The van der Waals surface area contributed by atoms with Crippen molar-refractivity contribution in [3.05, 3.63) is 18.7 Å². The van der Waals surface area contributed by atoms with Crippen molar-refractivity contribution in [2.45, 2.75) is 374 Å². The van der Waals surface area contributed by atoms with Gasteiger partial charge in [-0.2, -0.15) is 0 Å². The second-order valence-electron chi connectivity index (χ2n) is 22.1. The van der Waals surface area contributed by atoms with Crippen LogP contribution in [0.15, 0.2) is 18.7 Å². The molecule has 1 atom stereocenters. The number of imidazole rings is 1. The van der Waals surface area contributed by atoms with Crippen LogP contribution in [0.4, 0.5) is 0 Å². The van der Waals surface area contributed by atoms with Crippen molar-refractivity contribution in [2.75, 3.05) is 0 Å². The highest BCUT2D eigenvalue weighted by molar-refractivity contribution is 5.69. The lowest BCUT2D eigenvalue weighted by Crippen LogP contribution is -2.31. The fourth-order valence-corrected chi connectivity index (χ4v) is 10.7. The number of carbonyl (C=O) groups excluding carboxylic acids is 1. The number of hydrogen-bond donors (Lipinski definition) is 0. The van der Waals surface area contributed by atoms with Crippen molar-refractivity contribution in [1.29, 1.82) is 0 Å². The molecular formula is C63H123N2O2+. The fraction of sp³-hybridized carbons (Fsp3) is 0.937. The Morgan fingerprint density at radius 1 is 0.388 bits per heavy atom. The van der Waals surface area contributed by atoms with Crippen LogP contribution in [0.5, 0.6) is 0 Å². The summed E-state index contributed by atoms with van der Waals surface area (Å²) < 4.78 is 10.8. The normalized spacial score (nSPS) is 12.2. The van der Waals surface area contributed by atoms with Gasteiger partial charge in [0.2, 0.25) is 6.33 Å². The number of unbranched alkanes of at least 4 members (excludes halogenated alkanes) is 39. The van der Waals surface area contributed by atoms with Crippen LogP contribution in [0.2, 0.25) is 0 Å². The minimum atomic E-state index is 0.0282. The second-order valence-corrected chi connectivity index (χ2v) is 22.1. The summed E-state index contributed by atoms with van der Waals surface area (Å²) in [4.78, 5) is 13.2. The standard InChI is InChI=1S/C63H123N2O2/c1-5-9-13-16-19-22-24-26-28-30-32-34-36-38-41-44-50-61(51-45-42-39-37-35-33-31-29-27-25-23-20-17-14-10-6-2)52-47-48-54-62(53-46-43-40-21-18-15-11-7-3)67-63(66)55-49-57-65-59-58-64(60-65)56-12-8-4/h58-62H,5-57H2,1-4H3/q+1. The fourth-order valence-electron chi connectivity index (χ4n) is 10.7. The Hall–Kier alpha value is -1.32. The first-order valence-electron chi connectivity index (χ1n) is 31.4. The molecule has 0 saturated carbocycles. The van der Waals surface area contributed by atoms with Crippen molar-refractivity contribution in [3.63, 3.8) is 0 Å². The van der Waals surface area contributed by atoms with E-state index in [0.29, 0.717) is 6.42 Å². The molecule has 0 saturated heterocycles. The third-order valence-corrected chi connectivity index (χ3v) is 15.3. The summed E-state index contributed by atoms with van der Waals surface area (Å²) in [6, 6.07) is 0. The molecule has 1 rings (SSSR count). The van der Waals surface area contributed by atoms with Gasteiger partial charge in [0.1, 0.15) is 18.5 Å². The van der Waals surface area contributed by atoms with Gasteiger partial charge in [0.15, 0.2) is 0 Å². The zero-order chi connectivity index (χ0) is 48.2. The maximum absolute atomic E-state index is 13.2. The van der Waals surface area contributed by atoms with E-state index in [4.69, 9.17) is 4.74 Å². The minimum absolute atomic E-state index is 0.0282. The first kappa shape index (κ1) is 63.7. The predicted octanol–water partition coefficient (Wildman–Crippen LogP) is 21.3. The first-order chi connectivity index (χ1) is 33.1. The van der Waals surface area contributed by atoms with E-state index < -0.39 is 0 Å². The smallest absolute Gasteiger partial charge is 0.306 e. The van der Waals surface area contributed by atoms with Gasteiger partial charge in [-0.15, -0.1) is 0 Å². The largest absolute Gasteiger partial charge is 0.462 e. The number of ether oxygens (including phenoxy) is 1. The van der Waals surface area contributed by atoms with E-state index >= 15 is 0 Å². The molecule has 0 N–H and O–H groups in total. The van der Waals surface area contributed by atoms with Gasteiger partial charge >= 0.3 is 5.97 Å². The highest BCUT2D eigenvalue weighted by Crippen LogP contribution is 2.26. The molecule has 0 fully saturated rings. The third-order valence-electron chi connectivity index (χ3n) is 15.3. The second kappa shape index (κ2) is 52.5. The van der Waals surface area contributed by atoms with Crippen molar-refractivity contribution in [2.24, 2.45) is 5.92 Å². The van der Waals surface area contributed by atoms with Crippen LogP contribution in [0.3, 0.4) is 0 Å². The van der Waals surface area contributed by atoms with Gasteiger partial charge in [-0.25, -0.2) is 9.13 Å². The summed E-state index contributed by atoms with van der Waals surface area (Å²) in [6.07, 6.45) is 76.3. The summed E-state index contributed by atoms with van der Waals surface area (Å²) in [6.45, 7) is 11.1. The highest BCUT2D eigenvalue weighted by Gasteiger charge is 2.16. The molecule has 0 spiro atoms. The SMILES string of the molecule is CCCCCCCCCCCCCCCCCCC(CCCCCCCCCCCCCCCCCC)CCCCC(CCCCCCCCCC)OC(=O)CCC[n+]1ccn(CCCC)c1. The average Bonchev–Trinajstić information content (AvgIpc) is 3.79. The lowest BCUT2D eigenvalue weighted by atomic mass is 9.89. The van der Waals surface area contributed by atoms with Gasteiger partial charge in [-0.05, 0) is 44.4 Å². The summed E-state index contributed by atoms with van der Waals surface area (Å²) >= 11 is 0. The molecule has 1 unspecified atom stereocenters. The maximum atomic E-state index is 13.2. The van der Waals surface area contributed by atoms with Crippen LogP contribution >= 0.6 is 0 Å². The molecule has 0 bridgehead atoms. The molecular weight excluding hydrogens is 817 g/mol. The van der Waals surface area contributed by atoms with E-state index in [0.717, 1.165) is 38.3 Å². The van der Waals surface area contributed by atoms with Gasteiger partial charge in [0.25, 0.3) is 0 Å². The molecule has 0 aliphatic rings. The Morgan fingerprint density at radius 3 is 1.04 bits per heavy atom. The maximum Gasteiger partial charge on any atom is 0.306 e. The van der Waals surface area contributed by atoms with Crippen LogP contribution in [0, 0.1) is 5.92 Å². The van der Waals surface area contributed by atoms with Gasteiger partial charge in [-0.3, -0.25) is 4.79 Å².